The maximum atomic E-state index is 12.0. The van der Waals surface area contributed by atoms with E-state index in [2.05, 4.69) is 20.6 Å². The van der Waals surface area contributed by atoms with Gasteiger partial charge in [-0.25, -0.2) is 0 Å². The largest absolute Gasteiger partial charge is 0.484 e. The van der Waals surface area contributed by atoms with Crippen LogP contribution in [-0.2, 0) is 4.79 Å². The predicted molar refractivity (Wildman–Crippen MR) is 86.9 cm³/mol. The maximum absolute atomic E-state index is 12.0. The van der Waals surface area contributed by atoms with Crippen LogP contribution in [-0.4, -0.2) is 32.3 Å². The molecule has 0 saturated carbocycles. The second-order valence-corrected chi connectivity index (χ2v) is 5.71. The smallest absolute Gasteiger partial charge is 0.264 e. The number of fused-ring (bicyclic) bond motifs is 1. The lowest BCUT2D eigenvalue weighted by atomic mass is 10.3. The van der Waals surface area contributed by atoms with Crippen LogP contribution in [0.5, 0.6) is 5.75 Å². The zero-order valence-electron chi connectivity index (χ0n) is 12.2. The molecule has 3 aromatic heterocycles. The van der Waals surface area contributed by atoms with Crippen molar-refractivity contribution in [2.75, 3.05) is 11.9 Å². The third-order valence-corrected chi connectivity index (χ3v) is 3.91. The average molecular weight is 341 g/mol. The molecule has 1 amide bonds. The van der Waals surface area contributed by atoms with E-state index in [1.807, 2.05) is 18.2 Å². The SMILES string of the molecule is O=C(COc1ccccc1)Nc1nn2c(-c3ccco3)nnc2s1. The number of hydrogen-bond donors (Lipinski definition) is 1. The van der Waals surface area contributed by atoms with Gasteiger partial charge in [0.2, 0.25) is 15.9 Å². The second-order valence-electron chi connectivity index (χ2n) is 4.75. The number of ether oxygens (including phenoxy) is 1. The van der Waals surface area contributed by atoms with Crippen LogP contribution in [0.4, 0.5) is 5.13 Å². The summed E-state index contributed by atoms with van der Waals surface area (Å²) >= 11 is 1.21. The van der Waals surface area contributed by atoms with Gasteiger partial charge < -0.3 is 9.15 Å². The van der Waals surface area contributed by atoms with Gasteiger partial charge in [-0.3, -0.25) is 10.1 Å². The molecule has 0 aliphatic carbocycles. The van der Waals surface area contributed by atoms with Gasteiger partial charge in [0, 0.05) is 0 Å². The molecule has 3 heterocycles. The molecular formula is C15H11N5O3S. The number of rotatable bonds is 5. The lowest BCUT2D eigenvalue weighted by molar-refractivity contribution is -0.118. The van der Waals surface area contributed by atoms with Crippen molar-refractivity contribution in [1.82, 2.24) is 19.8 Å². The first-order valence-electron chi connectivity index (χ1n) is 7.03. The van der Waals surface area contributed by atoms with Crippen molar-refractivity contribution in [3.8, 4) is 17.3 Å². The minimum atomic E-state index is -0.302. The van der Waals surface area contributed by atoms with Crippen molar-refractivity contribution in [3.63, 3.8) is 0 Å². The van der Waals surface area contributed by atoms with Crippen molar-refractivity contribution in [2.24, 2.45) is 0 Å². The molecular weight excluding hydrogens is 330 g/mol. The van der Waals surface area contributed by atoms with Gasteiger partial charge in [0.1, 0.15) is 5.75 Å². The van der Waals surface area contributed by atoms with E-state index >= 15 is 0 Å². The van der Waals surface area contributed by atoms with Gasteiger partial charge in [-0.15, -0.1) is 15.3 Å². The van der Waals surface area contributed by atoms with E-state index in [0.29, 0.717) is 27.4 Å². The molecule has 4 rings (SSSR count). The molecule has 120 valence electrons. The molecule has 0 radical (unpaired) electrons. The number of anilines is 1. The highest BCUT2D eigenvalue weighted by molar-refractivity contribution is 7.20. The zero-order chi connectivity index (χ0) is 16.4. The van der Waals surface area contributed by atoms with Crippen molar-refractivity contribution < 1.29 is 13.9 Å². The van der Waals surface area contributed by atoms with Crippen LogP contribution in [0.15, 0.2) is 53.1 Å². The number of hydrogen-bond acceptors (Lipinski definition) is 7. The van der Waals surface area contributed by atoms with Gasteiger partial charge in [0.15, 0.2) is 12.4 Å². The number of nitrogens with zero attached hydrogens (tertiary/aromatic N) is 4. The Bertz CT molecular complexity index is 962. The van der Waals surface area contributed by atoms with E-state index in [1.165, 1.54) is 15.9 Å². The van der Waals surface area contributed by atoms with Crippen LogP contribution in [0.25, 0.3) is 16.5 Å². The minimum Gasteiger partial charge on any atom is -0.484 e. The van der Waals surface area contributed by atoms with Gasteiger partial charge in [-0.05, 0) is 24.3 Å². The minimum absolute atomic E-state index is 0.102. The summed E-state index contributed by atoms with van der Waals surface area (Å²) in [6.07, 6.45) is 1.55. The molecule has 0 atom stereocenters. The van der Waals surface area contributed by atoms with E-state index in [4.69, 9.17) is 9.15 Å². The molecule has 0 aliphatic heterocycles. The summed E-state index contributed by atoms with van der Waals surface area (Å²) in [5.41, 5.74) is 0. The summed E-state index contributed by atoms with van der Waals surface area (Å²) in [7, 11) is 0. The summed E-state index contributed by atoms with van der Waals surface area (Å²) in [5.74, 6) is 1.36. The highest BCUT2D eigenvalue weighted by atomic mass is 32.1. The summed E-state index contributed by atoms with van der Waals surface area (Å²) in [5, 5.41) is 15.4. The standard InChI is InChI=1S/C15H11N5O3S/c21-12(9-23-10-5-2-1-3-6-10)16-14-19-20-13(11-7-4-8-22-11)17-18-15(20)24-14/h1-8H,9H2,(H,16,19,21). The first-order valence-corrected chi connectivity index (χ1v) is 7.85. The lowest BCUT2D eigenvalue weighted by Crippen LogP contribution is -2.20. The number of nitrogens with one attached hydrogen (secondary N) is 1. The summed E-state index contributed by atoms with van der Waals surface area (Å²) in [4.78, 5) is 12.5. The molecule has 0 aliphatic rings. The fraction of sp³-hybridized carbons (Fsp3) is 0.0667. The monoisotopic (exact) mass is 341 g/mol. The van der Waals surface area contributed by atoms with Crippen molar-refractivity contribution >= 4 is 27.3 Å². The maximum Gasteiger partial charge on any atom is 0.264 e. The fourth-order valence-corrected chi connectivity index (χ4v) is 2.80. The van der Waals surface area contributed by atoms with E-state index in [1.54, 1.807) is 30.5 Å². The Kier molecular flexibility index (Phi) is 3.67. The Labute approximate surface area is 139 Å². The van der Waals surface area contributed by atoms with E-state index in [0.717, 1.165) is 0 Å². The summed E-state index contributed by atoms with van der Waals surface area (Å²) in [6.45, 7) is -0.102. The molecule has 8 nitrogen and oxygen atoms in total. The topological polar surface area (TPSA) is 94.5 Å². The van der Waals surface area contributed by atoms with Crippen LogP contribution in [0.2, 0.25) is 0 Å². The van der Waals surface area contributed by atoms with Gasteiger partial charge in [-0.1, -0.05) is 29.5 Å². The molecule has 9 heteroatoms. The molecule has 0 bridgehead atoms. The number of para-hydroxylation sites is 1. The van der Waals surface area contributed by atoms with Crippen LogP contribution in [0.3, 0.4) is 0 Å². The van der Waals surface area contributed by atoms with E-state index in [9.17, 15) is 4.79 Å². The molecule has 0 spiro atoms. The molecule has 1 aromatic carbocycles. The first kappa shape index (κ1) is 14.4. The quantitative estimate of drug-likeness (QED) is 0.599. The average Bonchev–Trinajstić information content (AvgIpc) is 3.30. The molecule has 24 heavy (non-hydrogen) atoms. The third-order valence-electron chi connectivity index (χ3n) is 3.09. The number of benzene rings is 1. The van der Waals surface area contributed by atoms with Crippen LogP contribution < -0.4 is 10.1 Å². The Hall–Kier alpha value is -3.20. The van der Waals surface area contributed by atoms with Gasteiger partial charge in [0.25, 0.3) is 5.91 Å². The second kappa shape index (κ2) is 6.13. The Morgan fingerprint density at radius 2 is 2.08 bits per heavy atom. The number of carbonyl (C=O) groups excluding carboxylic acids is 1. The van der Waals surface area contributed by atoms with Crippen LogP contribution >= 0.6 is 11.3 Å². The van der Waals surface area contributed by atoms with Gasteiger partial charge in [0.05, 0.1) is 6.26 Å². The van der Waals surface area contributed by atoms with Gasteiger partial charge in [-0.2, -0.15) is 4.52 Å². The normalized spacial score (nSPS) is 10.8. The third kappa shape index (κ3) is 2.84. The van der Waals surface area contributed by atoms with Crippen LogP contribution in [0, 0.1) is 0 Å². The number of furan rings is 1. The number of aromatic nitrogens is 4. The Morgan fingerprint density at radius 1 is 1.21 bits per heavy atom. The first-order chi connectivity index (χ1) is 11.8. The Morgan fingerprint density at radius 3 is 2.88 bits per heavy atom. The zero-order valence-corrected chi connectivity index (χ0v) is 13.1. The van der Waals surface area contributed by atoms with E-state index in [-0.39, 0.29) is 12.5 Å². The van der Waals surface area contributed by atoms with Gasteiger partial charge >= 0.3 is 0 Å². The number of carbonyl (C=O) groups is 1. The van der Waals surface area contributed by atoms with Crippen molar-refractivity contribution in [3.05, 3.63) is 48.7 Å². The predicted octanol–water partition coefficient (Wildman–Crippen LogP) is 2.46. The molecule has 0 fully saturated rings. The molecule has 1 N–H and O–H groups in total. The molecule has 0 unspecified atom stereocenters. The Balaban J connectivity index is 1.46. The van der Waals surface area contributed by atoms with Crippen molar-refractivity contribution in [2.45, 2.75) is 0 Å². The highest BCUT2D eigenvalue weighted by Crippen LogP contribution is 2.24. The highest BCUT2D eigenvalue weighted by Gasteiger charge is 2.16. The summed E-state index contributed by atoms with van der Waals surface area (Å²) < 4.78 is 12.2. The van der Waals surface area contributed by atoms with E-state index < -0.39 is 0 Å². The van der Waals surface area contributed by atoms with Crippen LogP contribution in [0.1, 0.15) is 0 Å². The van der Waals surface area contributed by atoms with Crippen molar-refractivity contribution in [1.29, 1.82) is 0 Å². The molecule has 4 aromatic rings. The number of amides is 1. The molecule has 0 saturated heterocycles. The fourth-order valence-electron chi connectivity index (χ4n) is 2.05. The summed E-state index contributed by atoms with van der Waals surface area (Å²) in [6, 6.07) is 12.6. The lowest BCUT2D eigenvalue weighted by Gasteiger charge is -2.04.